The molecule has 0 atom stereocenters. The van der Waals surface area contributed by atoms with Crippen LogP contribution in [0, 0.1) is 0 Å². The summed E-state index contributed by atoms with van der Waals surface area (Å²) in [6.07, 6.45) is 5.27. The average molecular weight is 406 g/mol. The Morgan fingerprint density at radius 2 is 1.90 bits per heavy atom. The zero-order chi connectivity index (χ0) is 20.5. The average Bonchev–Trinajstić information content (AvgIpc) is 2.75. The molecule has 0 saturated carbocycles. The van der Waals surface area contributed by atoms with Crippen LogP contribution in [-0.2, 0) is 15.3 Å². The van der Waals surface area contributed by atoms with Gasteiger partial charge in [-0.05, 0) is 30.7 Å². The highest BCUT2D eigenvalue weighted by Gasteiger charge is 2.10. The summed E-state index contributed by atoms with van der Waals surface area (Å²) in [5.74, 6) is 1.13. The number of carbonyl (C=O) groups excluding carboxylic acids is 1. The Morgan fingerprint density at radius 1 is 1.14 bits per heavy atom. The van der Waals surface area contributed by atoms with E-state index in [-0.39, 0.29) is 12.5 Å². The van der Waals surface area contributed by atoms with Crippen LogP contribution in [0.15, 0.2) is 84.0 Å². The number of nitrogen functional groups attached to an aromatic ring is 1. The van der Waals surface area contributed by atoms with Gasteiger partial charge in [0, 0.05) is 40.0 Å². The predicted molar refractivity (Wildman–Crippen MR) is 119 cm³/mol. The zero-order valence-electron chi connectivity index (χ0n) is 16.2. The van der Waals surface area contributed by atoms with Gasteiger partial charge in [-0.2, -0.15) is 0 Å². The van der Waals surface area contributed by atoms with Crippen LogP contribution in [0.5, 0.6) is 0 Å². The van der Waals surface area contributed by atoms with E-state index in [2.05, 4.69) is 10.3 Å². The molecule has 3 rings (SSSR count). The molecule has 0 aliphatic rings. The van der Waals surface area contributed by atoms with Crippen LogP contribution in [-0.4, -0.2) is 17.5 Å². The lowest BCUT2D eigenvalue weighted by atomic mass is 10.2. The number of hydrogen-bond acceptors (Lipinski definition) is 5. The molecular formula is C23H23N3O2S. The molecule has 6 heteroatoms. The number of benzene rings is 2. The second-order valence-electron chi connectivity index (χ2n) is 6.22. The third-order valence-electron chi connectivity index (χ3n) is 4.17. The van der Waals surface area contributed by atoms with E-state index < -0.39 is 0 Å². The number of hydrogen-bond donors (Lipinski definition) is 2. The minimum absolute atomic E-state index is 0.0639. The molecule has 0 aliphatic heterocycles. The van der Waals surface area contributed by atoms with Crippen LogP contribution in [0.1, 0.15) is 18.1 Å². The van der Waals surface area contributed by atoms with Crippen molar-refractivity contribution in [2.45, 2.75) is 17.6 Å². The number of rotatable bonds is 8. The number of para-hydroxylation sites is 1. The van der Waals surface area contributed by atoms with Gasteiger partial charge in [-0.1, -0.05) is 48.5 Å². The number of ether oxygens (including phenoxy) is 1. The van der Waals surface area contributed by atoms with Gasteiger partial charge in [-0.15, -0.1) is 11.8 Å². The van der Waals surface area contributed by atoms with Gasteiger partial charge in [0.1, 0.15) is 5.76 Å². The maximum Gasteiger partial charge on any atom is 0.262 e. The van der Waals surface area contributed by atoms with Crippen molar-refractivity contribution in [3.63, 3.8) is 0 Å². The Labute approximate surface area is 175 Å². The third-order valence-corrected chi connectivity index (χ3v) is 5.28. The molecule has 0 unspecified atom stereocenters. The first-order valence-corrected chi connectivity index (χ1v) is 10.2. The molecule has 3 N–H and O–H groups in total. The third kappa shape index (κ3) is 5.86. The van der Waals surface area contributed by atoms with Crippen molar-refractivity contribution in [3.8, 4) is 0 Å². The highest BCUT2D eigenvalue weighted by atomic mass is 32.2. The van der Waals surface area contributed by atoms with Crippen LogP contribution in [0.25, 0.3) is 5.76 Å². The minimum atomic E-state index is -0.210. The quantitative estimate of drug-likeness (QED) is 0.409. The van der Waals surface area contributed by atoms with Gasteiger partial charge in [0.2, 0.25) is 0 Å². The molecular weight excluding hydrogens is 382 g/mol. The molecule has 0 bridgehead atoms. The van der Waals surface area contributed by atoms with E-state index in [1.54, 1.807) is 30.2 Å². The normalized spacial score (nSPS) is 11.1. The van der Waals surface area contributed by atoms with Crippen LogP contribution < -0.4 is 11.1 Å². The smallest absolute Gasteiger partial charge is 0.262 e. The summed E-state index contributed by atoms with van der Waals surface area (Å²) in [6, 6.07) is 19.2. The number of nitrogens with two attached hydrogens (primary N) is 1. The molecule has 1 aromatic heterocycles. The van der Waals surface area contributed by atoms with E-state index in [9.17, 15) is 4.79 Å². The summed E-state index contributed by atoms with van der Waals surface area (Å²) in [5.41, 5.74) is 9.38. The van der Waals surface area contributed by atoms with Crippen LogP contribution in [0.4, 0.5) is 11.4 Å². The van der Waals surface area contributed by atoms with Crippen molar-refractivity contribution in [1.82, 2.24) is 4.98 Å². The molecule has 3 aromatic rings. The number of pyridine rings is 1. The number of nitrogens with zero attached hydrogens (tertiary/aromatic N) is 1. The first-order valence-electron chi connectivity index (χ1n) is 9.22. The molecule has 148 valence electrons. The Hall–Kier alpha value is -3.25. The summed E-state index contributed by atoms with van der Waals surface area (Å²) >= 11 is 1.58. The Balaban J connectivity index is 1.60. The standard InChI is InChI=1S/C23H23N3O2S/c1-2-21(17-8-4-3-5-9-17)28-15-23(27)26-20-11-7-6-10-18(20)16-29-22-14-25-13-12-19(22)24/h2-14H,15-16H2,1H3,(H2,24,25)(H,26,27)/b21-2-. The van der Waals surface area contributed by atoms with Gasteiger partial charge in [-0.25, -0.2) is 0 Å². The first kappa shape index (κ1) is 20.5. The SMILES string of the molecule is C/C=C(\OCC(=O)Nc1ccccc1CSc1cnccc1N)c1ccccc1. The second kappa shape index (κ2) is 10.3. The van der Waals surface area contributed by atoms with Crippen molar-refractivity contribution < 1.29 is 9.53 Å². The Kier molecular flexibility index (Phi) is 7.30. The highest BCUT2D eigenvalue weighted by molar-refractivity contribution is 7.98. The van der Waals surface area contributed by atoms with Crippen LogP contribution in [0.3, 0.4) is 0 Å². The highest BCUT2D eigenvalue weighted by Crippen LogP contribution is 2.29. The molecule has 2 aromatic carbocycles. The Morgan fingerprint density at radius 3 is 2.66 bits per heavy atom. The van der Waals surface area contributed by atoms with Gasteiger partial charge in [-0.3, -0.25) is 9.78 Å². The van der Waals surface area contributed by atoms with E-state index in [0.29, 0.717) is 17.2 Å². The number of allylic oxidation sites excluding steroid dienone is 1. The van der Waals surface area contributed by atoms with Crippen LogP contribution >= 0.6 is 11.8 Å². The number of thioether (sulfide) groups is 1. The molecule has 0 saturated heterocycles. The van der Waals surface area contributed by atoms with E-state index >= 15 is 0 Å². The minimum Gasteiger partial charge on any atom is -0.483 e. The van der Waals surface area contributed by atoms with Crippen LogP contribution in [0.2, 0.25) is 0 Å². The molecule has 1 amide bonds. The van der Waals surface area contributed by atoms with Crippen molar-refractivity contribution in [1.29, 1.82) is 0 Å². The van der Waals surface area contributed by atoms with Crippen molar-refractivity contribution in [2.24, 2.45) is 0 Å². The lowest BCUT2D eigenvalue weighted by molar-refractivity contribution is -0.118. The van der Waals surface area contributed by atoms with Gasteiger partial charge in [0.15, 0.2) is 6.61 Å². The maximum atomic E-state index is 12.4. The number of anilines is 2. The molecule has 29 heavy (non-hydrogen) atoms. The molecule has 1 heterocycles. The van der Waals surface area contributed by atoms with Crippen molar-refractivity contribution in [2.75, 3.05) is 17.7 Å². The fourth-order valence-corrected chi connectivity index (χ4v) is 3.63. The van der Waals surface area contributed by atoms with E-state index in [1.807, 2.05) is 67.6 Å². The lowest BCUT2D eigenvalue weighted by Gasteiger charge is -2.13. The summed E-state index contributed by atoms with van der Waals surface area (Å²) in [6.45, 7) is 1.82. The zero-order valence-corrected chi connectivity index (χ0v) is 17.0. The van der Waals surface area contributed by atoms with Gasteiger partial charge in [0.25, 0.3) is 5.91 Å². The fraction of sp³-hybridized carbons (Fsp3) is 0.130. The van der Waals surface area contributed by atoms with Crippen molar-refractivity contribution in [3.05, 3.63) is 90.3 Å². The van der Waals surface area contributed by atoms with E-state index in [1.165, 1.54) is 0 Å². The second-order valence-corrected chi connectivity index (χ2v) is 7.23. The van der Waals surface area contributed by atoms with Gasteiger partial charge in [0.05, 0.1) is 0 Å². The molecule has 5 nitrogen and oxygen atoms in total. The number of amides is 1. The van der Waals surface area contributed by atoms with Crippen molar-refractivity contribution >= 4 is 34.8 Å². The maximum absolute atomic E-state index is 12.4. The lowest BCUT2D eigenvalue weighted by Crippen LogP contribution is -2.18. The topological polar surface area (TPSA) is 77.2 Å². The molecule has 0 fully saturated rings. The summed E-state index contributed by atoms with van der Waals surface area (Å²) < 4.78 is 5.72. The number of nitrogens with one attached hydrogen (secondary N) is 1. The Bertz CT molecular complexity index is 990. The predicted octanol–water partition coefficient (Wildman–Crippen LogP) is 4.97. The fourth-order valence-electron chi connectivity index (χ4n) is 2.70. The monoisotopic (exact) mass is 405 g/mol. The summed E-state index contributed by atoms with van der Waals surface area (Å²) in [7, 11) is 0. The molecule has 0 radical (unpaired) electrons. The summed E-state index contributed by atoms with van der Waals surface area (Å²) in [4.78, 5) is 17.5. The van der Waals surface area contributed by atoms with E-state index in [0.717, 1.165) is 21.7 Å². The molecule has 0 spiro atoms. The molecule has 0 aliphatic carbocycles. The largest absolute Gasteiger partial charge is 0.483 e. The van der Waals surface area contributed by atoms with Gasteiger partial charge >= 0.3 is 0 Å². The summed E-state index contributed by atoms with van der Waals surface area (Å²) in [5, 5.41) is 2.94. The first-order chi connectivity index (χ1) is 14.2. The van der Waals surface area contributed by atoms with E-state index in [4.69, 9.17) is 10.5 Å². The number of carbonyl (C=O) groups is 1. The number of aromatic nitrogens is 1. The van der Waals surface area contributed by atoms with Gasteiger partial charge < -0.3 is 15.8 Å².